The van der Waals surface area contributed by atoms with Crippen molar-refractivity contribution in [3.63, 3.8) is 0 Å². The van der Waals surface area contributed by atoms with E-state index in [0.717, 1.165) is 6.54 Å². The normalized spacial score (nSPS) is 10.0. The van der Waals surface area contributed by atoms with Gasteiger partial charge in [-0.3, -0.25) is 4.79 Å². The molecule has 0 unspecified atom stereocenters. The first-order valence-electron chi connectivity index (χ1n) is 7.25. The lowest BCUT2D eigenvalue weighted by atomic mass is 10.1. The number of carbonyl (C=O) groups is 1. The minimum atomic E-state index is -0.0972. The van der Waals surface area contributed by atoms with Crippen molar-refractivity contribution in [2.24, 2.45) is 0 Å². The standard InChI is InChI=1S/C18H19N3O/c1-14-6-2-3-8-16(14)13-20-11-10-18(22)21-17-9-5-4-7-15(17)12-19/h2-9,20H,10-11,13H2,1H3,(H,21,22). The van der Waals surface area contributed by atoms with Gasteiger partial charge in [0.2, 0.25) is 5.91 Å². The fourth-order valence-corrected chi connectivity index (χ4v) is 2.14. The van der Waals surface area contributed by atoms with Gasteiger partial charge in [-0.2, -0.15) is 5.26 Å². The van der Waals surface area contributed by atoms with Gasteiger partial charge in [0.05, 0.1) is 11.3 Å². The van der Waals surface area contributed by atoms with E-state index in [4.69, 9.17) is 5.26 Å². The van der Waals surface area contributed by atoms with E-state index in [-0.39, 0.29) is 5.91 Å². The summed E-state index contributed by atoms with van der Waals surface area (Å²) in [6.45, 7) is 3.41. The van der Waals surface area contributed by atoms with Crippen molar-refractivity contribution in [1.82, 2.24) is 5.32 Å². The monoisotopic (exact) mass is 293 g/mol. The maximum absolute atomic E-state index is 11.9. The van der Waals surface area contributed by atoms with E-state index in [1.165, 1.54) is 11.1 Å². The van der Waals surface area contributed by atoms with E-state index in [1.54, 1.807) is 24.3 Å². The van der Waals surface area contributed by atoms with E-state index in [0.29, 0.717) is 24.2 Å². The molecule has 0 saturated heterocycles. The van der Waals surface area contributed by atoms with E-state index in [9.17, 15) is 4.79 Å². The van der Waals surface area contributed by atoms with Gasteiger partial charge >= 0.3 is 0 Å². The Hall–Kier alpha value is -2.64. The van der Waals surface area contributed by atoms with Crippen LogP contribution < -0.4 is 10.6 Å². The smallest absolute Gasteiger partial charge is 0.225 e. The van der Waals surface area contributed by atoms with Crippen molar-refractivity contribution >= 4 is 11.6 Å². The lowest BCUT2D eigenvalue weighted by molar-refractivity contribution is -0.116. The minimum Gasteiger partial charge on any atom is -0.325 e. The van der Waals surface area contributed by atoms with Crippen LogP contribution in [0.25, 0.3) is 0 Å². The average molecular weight is 293 g/mol. The quantitative estimate of drug-likeness (QED) is 0.805. The van der Waals surface area contributed by atoms with Gasteiger partial charge < -0.3 is 10.6 Å². The SMILES string of the molecule is Cc1ccccc1CNCCC(=O)Nc1ccccc1C#N. The zero-order valence-electron chi connectivity index (χ0n) is 12.6. The summed E-state index contributed by atoms with van der Waals surface area (Å²) >= 11 is 0. The highest BCUT2D eigenvalue weighted by molar-refractivity contribution is 5.92. The molecule has 2 aromatic rings. The highest BCUT2D eigenvalue weighted by Gasteiger charge is 2.06. The molecule has 2 rings (SSSR count). The van der Waals surface area contributed by atoms with E-state index in [2.05, 4.69) is 35.8 Å². The molecule has 0 bridgehead atoms. The summed E-state index contributed by atoms with van der Waals surface area (Å²) in [5, 5.41) is 15.0. The van der Waals surface area contributed by atoms with Gasteiger partial charge in [-0.05, 0) is 30.2 Å². The largest absolute Gasteiger partial charge is 0.325 e. The number of aryl methyl sites for hydroxylation is 1. The summed E-state index contributed by atoms with van der Waals surface area (Å²) in [7, 11) is 0. The Morgan fingerprint density at radius 2 is 1.86 bits per heavy atom. The number of nitriles is 1. The van der Waals surface area contributed by atoms with Crippen LogP contribution in [-0.4, -0.2) is 12.5 Å². The molecule has 22 heavy (non-hydrogen) atoms. The van der Waals surface area contributed by atoms with Gasteiger partial charge in [0.25, 0.3) is 0 Å². The van der Waals surface area contributed by atoms with Crippen molar-refractivity contribution in [3.05, 3.63) is 65.2 Å². The van der Waals surface area contributed by atoms with E-state index < -0.39 is 0 Å². The first-order valence-corrected chi connectivity index (χ1v) is 7.25. The zero-order chi connectivity index (χ0) is 15.8. The Morgan fingerprint density at radius 3 is 2.64 bits per heavy atom. The van der Waals surface area contributed by atoms with Crippen LogP contribution in [0.3, 0.4) is 0 Å². The number of rotatable bonds is 6. The number of hydrogen-bond donors (Lipinski definition) is 2. The number of nitrogens with zero attached hydrogens (tertiary/aromatic N) is 1. The molecule has 1 amide bonds. The summed E-state index contributed by atoms with van der Waals surface area (Å²) in [5.74, 6) is -0.0972. The molecule has 112 valence electrons. The lowest BCUT2D eigenvalue weighted by Gasteiger charge is -2.09. The Bertz CT molecular complexity index is 689. The molecule has 0 aliphatic carbocycles. The minimum absolute atomic E-state index is 0.0972. The molecule has 4 heteroatoms. The van der Waals surface area contributed by atoms with Crippen LogP contribution in [-0.2, 0) is 11.3 Å². The van der Waals surface area contributed by atoms with Gasteiger partial charge in [-0.25, -0.2) is 0 Å². The first kappa shape index (κ1) is 15.7. The maximum Gasteiger partial charge on any atom is 0.225 e. The van der Waals surface area contributed by atoms with Crippen molar-refractivity contribution in [2.45, 2.75) is 19.9 Å². The molecule has 0 fully saturated rings. The average Bonchev–Trinajstić information content (AvgIpc) is 2.53. The van der Waals surface area contributed by atoms with E-state index >= 15 is 0 Å². The molecule has 4 nitrogen and oxygen atoms in total. The van der Waals surface area contributed by atoms with Crippen LogP contribution in [0, 0.1) is 18.3 Å². The number of nitrogens with one attached hydrogen (secondary N) is 2. The molecule has 0 radical (unpaired) electrons. The Morgan fingerprint density at radius 1 is 1.14 bits per heavy atom. The lowest BCUT2D eigenvalue weighted by Crippen LogP contribution is -2.22. The third-order valence-electron chi connectivity index (χ3n) is 3.43. The van der Waals surface area contributed by atoms with Crippen molar-refractivity contribution in [2.75, 3.05) is 11.9 Å². The topological polar surface area (TPSA) is 64.9 Å². The first-order chi connectivity index (χ1) is 10.7. The highest BCUT2D eigenvalue weighted by atomic mass is 16.1. The maximum atomic E-state index is 11.9. The second kappa shape index (κ2) is 7.96. The summed E-state index contributed by atoms with van der Waals surface area (Å²) in [5.41, 5.74) is 3.51. The van der Waals surface area contributed by atoms with Gasteiger partial charge in [-0.1, -0.05) is 36.4 Å². The predicted octanol–water partition coefficient (Wildman–Crippen LogP) is 2.99. The number of hydrogen-bond acceptors (Lipinski definition) is 3. The third kappa shape index (κ3) is 4.44. The Labute approximate surface area is 130 Å². The summed E-state index contributed by atoms with van der Waals surface area (Å²) in [6.07, 6.45) is 0.367. The molecule has 2 N–H and O–H groups in total. The van der Waals surface area contributed by atoms with Gasteiger partial charge in [0.15, 0.2) is 0 Å². The number of amides is 1. The van der Waals surface area contributed by atoms with Gasteiger partial charge in [-0.15, -0.1) is 0 Å². The number of para-hydroxylation sites is 1. The molecule has 0 saturated carbocycles. The molecular formula is C18H19N3O. The Kier molecular flexibility index (Phi) is 5.70. The molecular weight excluding hydrogens is 274 g/mol. The second-order valence-electron chi connectivity index (χ2n) is 5.06. The van der Waals surface area contributed by atoms with Crippen molar-refractivity contribution < 1.29 is 4.79 Å². The highest BCUT2D eigenvalue weighted by Crippen LogP contribution is 2.13. The van der Waals surface area contributed by atoms with Crippen molar-refractivity contribution in [1.29, 1.82) is 5.26 Å². The molecule has 0 heterocycles. The number of carbonyl (C=O) groups excluding carboxylic acids is 1. The summed E-state index contributed by atoms with van der Waals surface area (Å²) in [6, 6.07) is 17.2. The van der Waals surface area contributed by atoms with Gasteiger partial charge in [0.1, 0.15) is 6.07 Å². The van der Waals surface area contributed by atoms with Crippen LogP contribution in [0.15, 0.2) is 48.5 Å². The molecule has 0 aliphatic rings. The molecule has 0 aromatic heterocycles. The van der Waals surface area contributed by atoms with Crippen LogP contribution in [0.5, 0.6) is 0 Å². The second-order valence-corrected chi connectivity index (χ2v) is 5.06. The molecule has 2 aromatic carbocycles. The number of benzene rings is 2. The fraction of sp³-hybridized carbons (Fsp3) is 0.222. The van der Waals surface area contributed by atoms with E-state index in [1.807, 2.05) is 12.1 Å². The van der Waals surface area contributed by atoms with Crippen molar-refractivity contribution in [3.8, 4) is 6.07 Å². The number of anilines is 1. The van der Waals surface area contributed by atoms with Crippen LogP contribution in [0.4, 0.5) is 5.69 Å². The summed E-state index contributed by atoms with van der Waals surface area (Å²) < 4.78 is 0. The summed E-state index contributed by atoms with van der Waals surface area (Å²) in [4.78, 5) is 11.9. The molecule has 0 spiro atoms. The third-order valence-corrected chi connectivity index (χ3v) is 3.43. The fourth-order valence-electron chi connectivity index (χ4n) is 2.14. The molecule has 0 atom stereocenters. The molecule has 0 aliphatic heterocycles. The van der Waals surface area contributed by atoms with Gasteiger partial charge in [0, 0.05) is 19.5 Å². The predicted molar refractivity (Wildman–Crippen MR) is 87.3 cm³/mol. The zero-order valence-corrected chi connectivity index (χ0v) is 12.6. The van der Waals surface area contributed by atoms with Crippen LogP contribution in [0.1, 0.15) is 23.1 Å². The van der Waals surface area contributed by atoms with Crippen LogP contribution in [0.2, 0.25) is 0 Å². The van der Waals surface area contributed by atoms with Crippen LogP contribution >= 0.6 is 0 Å². The Balaban J connectivity index is 1.77.